The summed E-state index contributed by atoms with van der Waals surface area (Å²) in [6, 6.07) is -1.40. The second-order valence-corrected chi connectivity index (χ2v) is 3.18. The topological polar surface area (TPSA) is 84.5 Å². The molecule has 86 valence electrons. The van der Waals surface area contributed by atoms with Crippen LogP contribution in [0.3, 0.4) is 0 Å². The van der Waals surface area contributed by atoms with Crippen LogP contribution in [-0.4, -0.2) is 37.0 Å². The molecule has 0 saturated heterocycles. The number of carbonyl (C=O) groups excluding carboxylic acids is 3. The zero-order chi connectivity index (χ0) is 12.0. The summed E-state index contributed by atoms with van der Waals surface area (Å²) in [5.41, 5.74) is 0. The lowest BCUT2D eigenvalue weighted by molar-refractivity contribution is -0.144. The smallest absolute Gasteiger partial charge is 0.328 e. The van der Waals surface area contributed by atoms with E-state index in [9.17, 15) is 14.4 Å². The monoisotopic (exact) mass is 216 g/mol. The van der Waals surface area contributed by atoms with Crippen molar-refractivity contribution in [2.45, 2.75) is 32.9 Å². The van der Waals surface area contributed by atoms with Crippen LogP contribution in [0.15, 0.2) is 0 Å². The lowest BCUT2D eigenvalue weighted by atomic mass is 10.2. The van der Waals surface area contributed by atoms with Gasteiger partial charge in [-0.3, -0.25) is 9.59 Å². The van der Waals surface area contributed by atoms with Crippen LogP contribution in [0, 0.1) is 0 Å². The molecule has 0 bridgehead atoms. The van der Waals surface area contributed by atoms with Gasteiger partial charge >= 0.3 is 5.97 Å². The molecule has 0 heterocycles. The maximum atomic E-state index is 11.4. The van der Waals surface area contributed by atoms with Gasteiger partial charge in [-0.05, 0) is 13.8 Å². The highest BCUT2D eigenvalue weighted by atomic mass is 16.5. The Morgan fingerprint density at radius 1 is 1.07 bits per heavy atom. The van der Waals surface area contributed by atoms with Crippen molar-refractivity contribution < 1.29 is 19.1 Å². The number of esters is 1. The third kappa shape index (κ3) is 4.99. The van der Waals surface area contributed by atoms with Crippen LogP contribution in [0.4, 0.5) is 0 Å². The summed E-state index contributed by atoms with van der Waals surface area (Å²) >= 11 is 0. The van der Waals surface area contributed by atoms with Gasteiger partial charge in [0.1, 0.15) is 12.1 Å². The lowest BCUT2D eigenvalue weighted by Crippen LogP contribution is -2.49. The Morgan fingerprint density at radius 3 is 2.00 bits per heavy atom. The van der Waals surface area contributed by atoms with E-state index >= 15 is 0 Å². The van der Waals surface area contributed by atoms with E-state index in [0.29, 0.717) is 0 Å². The molecule has 0 aliphatic rings. The van der Waals surface area contributed by atoms with Gasteiger partial charge in [-0.15, -0.1) is 0 Å². The Bertz CT molecular complexity index is 265. The summed E-state index contributed by atoms with van der Waals surface area (Å²) in [6.07, 6.45) is 0. The first-order valence-electron chi connectivity index (χ1n) is 4.53. The van der Waals surface area contributed by atoms with Crippen LogP contribution < -0.4 is 10.6 Å². The number of ether oxygens (including phenoxy) is 1. The van der Waals surface area contributed by atoms with Crippen molar-refractivity contribution in [2.75, 3.05) is 7.11 Å². The maximum Gasteiger partial charge on any atom is 0.328 e. The van der Waals surface area contributed by atoms with E-state index < -0.39 is 24.0 Å². The summed E-state index contributed by atoms with van der Waals surface area (Å²) in [7, 11) is 1.24. The van der Waals surface area contributed by atoms with Crippen LogP contribution >= 0.6 is 0 Å². The van der Waals surface area contributed by atoms with Crippen molar-refractivity contribution in [1.82, 2.24) is 10.6 Å². The van der Waals surface area contributed by atoms with Gasteiger partial charge in [0.15, 0.2) is 0 Å². The summed E-state index contributed by atoms with van der Waals surface area (Å²) in [6.45, 7) is 4.35. The van der Waals surface area contributed by atoms with Crippen molar-refractivity contribution >= 4 is 17.8 Å². The van der Waals surface area contributed by atoms with Gasteiger partial charge in [0.05, 0.1) is 7.11 Å². The molecule has 0 fully saturated rings. The number of hydrogen-bond donors (Lipinski definition) is 2. The standard InChI is InChI=1S/C9H16N2O4/c1-5(10-7(3)12)8(13)11-6(2)9(14)15-4/h5-6H,1-4H3,(H,10,12)(H,11,13)/t5-,6+/m1/s1. The normalized spacial score (nSPS) is 13.6. The molecular formula is C9H16N2O4. The van der Waals surface area contributed by atoms with Crippen LogP contribution in [0.2, 0.25) is 0 Å². The molecule has 6 nitrogen and oxygen atoms in total. The molecule has 0 aromatic heterocycles. The van der Waals surface area contributed by atoms with Crippen molar-refractivity contribution in [1.29, 1.82) is 0 Å². The van der Waals surface area contributed by atoms with E-state index in [1.807, 2.05) is 0 Å². The Hall–Kier alpha value is -1.59. The molecule has 0 aromatic carbocycles. The zero-order valence-corrected chi connectivity index (χ0v) is 9.29. The quantitative estimate of drug-likeness (QED) is 0.602. The van der Waals surface area contributed by atoms with E-state index in [4.69, 9.17) is 0 Å². The number of carbonyl (C=O) groups is 3. The maximum absolute atomic E-state index is 11.4. The van der Waals surface area contributed by atoms with Gasteiger partial charge in [-0.25, -0.2) is 4.79 Å². The van der Waals surface area contributed by atoms with Crippen LogP contribution in [0.5, 0.6) is 0 Å². The average Bonchev–Trinajstić information content (AvgIpc) is 2.15. The van der Waals surface area contributed by atoms with Gasteiger partial charge in [0, 0.05) is 6.92 Å². The minimum absolute atomic E-state index is 0.302. The first-order chi connectivity index (χ1) is 6.88. The van der Waals surface area contributed by atoms with E-state index in [2.05, 4.69) is 15.4 Å². The van der Waals surface area contributed by atoms with Gasteiger partial charge in [-0.1, -0.05) is 0 Å². The van der Waals surface area contributed by atoms with Gasteiger partial charge < -0.3 is 15.4 Å². The first kappa shape index (κ1) is 13.4. The summed E-state index contributed by atoms with van der Waals surface area (Å²) in [4.78, 5) is 33.0. The van der Waals surface area contributed by atoms with Crippen LogP contribution in [0.1, 0.15) is 20.8 Å². The Kier molecular flexibility index (Phi) is 5.36. The van der Waals surface area contributed by atoms with Gasteiger partial charge in [-0.2, -0.15) is 0 Å². The van der Waals surface area contributed by atoms with E-state index in [0.717, 1.165) is 0 Å². The van der Waals surface area contributed by atoms with E-state index in [1.165, 1.54) is 27.9 Å². The van der Waals surface area contributed by atoms with Crippen molar-refractivity contribution in [2.24, 2.45) is 0 Å². The Balaban J connectivity index is 4.12. The lowest BCUT2D eigenvalue weighted by Gasteiger charge is -2.16. The fourth-order valence-electron chi connectivity index (χ4n) is 0.945. The molecule has 0 radical (unpaired) electrons. The molecule has 2 N–H and O–H groups in total. The SMILES string of the molecule is COC(=O)[C@H](C)NC(=O)[C@@H](C)NC(C)=O. The fourth-order valence-corrected chi connectivity index (χ4v) is 0.945. The Labute approximate surface area is 88.4 Å². The highest BCUT2D eigenvalue weighted by Crippen LogP contribution is 1.89. The molecule has 0 aromatic rings. The Morgan fingerprint density at radius 2 is 1.60 bits per heavy atom. The number of methoxy groups -OCH3 is 1. The number of amides is 2. The molecular weight excluding hydrogens is 200 g/mol. The molecule has 2 atom stereocenters. The molecule has 15 heavy (non-hydrogen) atoms. The number of nitrogens with one attached hydrogen (secondary N) is 2. The summed E-state index contributed by atoms with van der Waals surface area (Å²) < 4.78 is 4.43. The molecule has 0 aliphatic carbocycles. The molecule has 0 spiro atoms. The molecule has 0 rings (SSSR count). The molecule has 0 unspecified atom stereocenters. The first-order valence-corrected chi connectivity index (χ1v) is 4.53. The van der Waals surface area contributed by atoms with Crippen molar-refractivity contribution in [3.05, 3.63) is 0 Å². The highest BCUT2D eigenvalue weighted by Gasteiger charge is 2.20. The van der Waals surface area contributed by atoms with Gasteiger partial charge in [0.25, 0.3) is 0 Å². The predicted octanol–water partition coefficient (Wildman–Crippen LogP) is -0.811. The summed E-state index contributed by atoms with van der Waals surface area (Å²) in [5, 5.41) is 4.81. The largest absolute Gasteiger partial charge is 0.467 e. The van der Waals surface area contributed by atoms with Gasteiger partial charge in [0.2, 0.25) is 11.8 Å². The van der Waals surface area contributed by atoms with E-state index in [1.54, 1.807) is 0 Å². The highest BCUT2D eigenvalue weighted by molar-refractivity contribution is 5.89. The number of rotatable bonds is 4. The summed E-state index contributed by atoms with van der Waals surface area (Å²) in [5.74, 6) is -1.26. The zero-order valence-electron chi connectivity index (χ0n) is 9.29. The molecule has 2 amide bonds. The van der Waals surface area contributed by atoms with E-state index in [-0.39, 0.29) is 5.91 Å². The minimum atomic E-state index is -0.723. The second-order valence-electron chi connectivity index (χ2n) is 3.18. The van der Waals surface area contributed by atoms with Crippen LogP contribution in [0.25, 0.3) is 0 Å². The van der Waals surface area contributed by atoms with Crippen molar-refractivity contribution in [3.63, 3.8) is 0 Å². The average molecular weight is 216 g/mol. The van der Waals surface area contributed by atoms with Crippen LogP contribution in [-0.2, 0) is 19.1 Å². The predicted molar refractivity (Wildman–Crippen MR) is 52.9 cm³/mol. The molecule has 6 heteroatoms. The molecule has 0 aliphatic heterocycles. The van der Waals surface area contributed by atoms with Crippen molar-refractivity contribution in [3.8, 4) is 0 Å². The third-order valence-electron chi connectivity index (χ3n) is 1.73. The number of hydrogen-bond acceptors (Lipinski definition) is 4. The second kappa shape index (κ2) is 6.00. The minimum Gasteiger partial charge on any atom is -0.467 e. The molecule has 0 saturated carbocycles. The third-order valence-corrected chi connectivity index (χ3v) is 1.73. The fraction of sp³-hybridized carbons (Fsp3) is 0.667.